The molecule has 2 atom stereocenters. The van der Waals surface area contributed by atoms with Crippen LogP contribution in [0.1, 0.15) is 25.8 Å². The zero-order valence-corrected chi connectivity index (χ0v) is 13.6. The number of carbonyl (C=O) groups is 1. The fourth-order valence-corrected chi connectivity index (χ4v) is 3.97. The molecular weight excluding hydrogens is 306 g/mol. The molecule has 22 heavy (non-hydrogen) atoms. The van der Waals surface area contributed by atoms with E-state index in [1.54, 1.807) is 32.9 Å². The monoisotopic (exact) mass is 327 g/mol. The van der Waals surface area contributed by atoms with Crippen molar-refractivity contribution in [2.75, 3.05) is 0 Å². The molecule has 0 saturated heterocycles. The number of guanidine groups is 1. The Labute approximate surface area is 130 Å². The third-order valence-corrected chi connectivity index (χ3v) is 5.51. The minimum atomic E-state index is -4.23. The third kappa shape index (κ3) is 3.38. The van der Waals surface area contributed by atoms with E-state index < -0.39 is 33.9 Å². The highest BCUT2D eigenvalue weighted by atomic mass is 32.2. The van der Waals surface area contributed by atoms with Gasteiger partial charge in [-0.15, -0.1) is 0 Å². The van der Waals surface area contributed by atoms with Crippen molar-refractivity contribution in [3.63, 3.8) is 0 Å². The molecule has 0 bridgehead atoms. The fraction of sp³-hybridized carbons (Fsp3) is 0.429. The van der Waals surface area contributed by atoms with Gasteiger partial charge in [0.1, 0.15) is 6.04 Å². The molecule has 8 heteroatoms. The zero-order chi connectivity index (χ0) is 17.1. The number of rotatable bonds is 6. The molecule has 0 spiro atoms. The van der Waals surface area contributed by atoms with Crippen LogP contribution < -0.4 is 5.73 Å². The van der Waals surface area contributed by atoms with Crippen LogP contribution in [0.5, 0.6) is 0 Å². The summed E-state index contributed by atoms with van der Waals surface area (Å²) in [5, 5.41) is 17.0. The highest BCUT2D eigenvalue weighted by Crippen LogP contribution is 2.25. The van der Waals surface area contributed by atoms with Gasteiger partial charge in [-0.3, -0.25) is 5.41 Å². The van der Waals surface area contributed by atoms with E-state index in [-0.39, 0.29) is 4.90 Å². The van der Waals surface area contributed by atoms with E-state index in [0.717, 1.165) is 0 Å². The van der Waals surface area contributed by atoms with Crippen molar-refractivity contribution in [1.29, 1.82) is 5.41 Å². The van der Waals surface area contributed by atoms with Gasteiger partial charge in [0.25, 0.3) is 10.0 Å². The lowest BCUT2D eigenvalue weighted by Crippen LogP contribution is -2.54. The van der Waals surface area contributed by atoms with Crippen LogP contribution in [0, 0.1) is 18.3 Å². The number of nitrogens with one attached hydrogen (secondary N) is 1. The predicted octanol–water partition coefficient (Wildman–Crippen LogP) is 1.38. The van der Waals surface area contributed by atoms with E-state index in [1.807, 2.05) is 0 Å². The molecule has 4 N–H and O–H groups in total. The molecule has 2 unspecified atom stereocenters. The quantitative estimate of drug-likeness (QED) is 0.538. The Morgan fingerprint density at radius 2 is 1.95 bits per heavy atom. The Bertz CT molecular complexity index is 672. The second kappa shape index (κ2) is 6.78. The van der Waals surface area contributed by atoms with Gasteiger partial charge >= 0.3 is 5.97 Å². The van der Waals surface area contributed by atoms with Crippen molar-refractivity contribution in [3.05, 3.63) is 29.8 Å². The van der Waals surface area contributed by atoms with Crippen molar-refractivity contribution in [2.24, 2.45) is 11.7 Å². The smallest absolute Gasteiger partial charge is 0.327 e. The van der Waals surface area contributed by atoms with Gasteiger partial charge in [-0.25, -0.2) is 17.5 Å². The molecule has 0 radical (unpaired) electrons. The van der Waals surface area contributed by atoms with E-state index in [4.69, 9.17) is 11.1 Å². The van der Waals surface area contributed by atoms with Crippen LogP contribution in [0.15, 0.2) is 29.2 Å². The summed E-state index contributed by atoms with van der Waals surface area (Å²) >= 11 is 0. The summed E-state index contributed by atoms with van der Waals surface area (Å²) in [7, 11) is -4.23. The number of hydrogen-bond donors (Lipinski definition) is 3. The normalized spacial score (nSPS) is 14.1. The maximum atomic E-state index is 12.8. The number of benzene rings is 1. The number of carboxylic acid groups (broad SMARTS) is 1. The lowest BCUT2D eigenvalue weighted by molar-refractivity contribution is -0.142. The van der Waals surface area contributed by atoms with E-state index >= 15 is 0 Å². The van der Waals surface area contributed by atoms with Crippen LogP contribution >= 0.6 is 0 Å². The molecule has 0 amide bonds. The minimum absolute atomic E-state index is 0.0558. The molecule has 0 fully saturated rings. The first-order valence-corrected chi connectivity index (χ1v) is 8.25. The number of nitrogens with two attached hydrogens (primary N) is 1. The average molecular weight is 327 g/mol. The van der Waals surface area contributed by atoms with Crippen LogP contribution in [0.3, 0.4) is 0 Å². The minimum Gasteiger partial charge on any atom is -0.480 e. The number of aliphatic carboxylic acids is 1. The van der Waals surface area contributed by atoms with Crippen LogP contribution in [0.2, 0.25) is 0 Å². The number of sulfonamides is 1. The predicted molar refractivity (Wildman–Crippen MR) is 83.0 cm³/mol. The molecule has 1 aromatic carbocycles. The van der Waals surface area contributed by atoms with Crippen molar-refractivity contribution in [1.82, 2.24) is 4.31 Å². The summed E-state index contributed by atoms with van der Waals surface area (Å²) in [5.41, 5.74) is 5.87. The second-order valence-electron chi connectivity index (χ2n) is 5.12. The summed E-state index contributed by atoms with van der Waals surface area (Å²) in [5.74, 6) is -2.64. The molecule has 0 aliphatic heterocycles. The molecule has 1 aromatic rings. The molecule has 7 nitrogen and oxygen atoms in total. The number of aryl methyl sites for hydroxylation is 1. The Hall–Kier alpha value is -2.09. The van der Waals surface area contributed by atoms with Gasteiger partial charge in [-0.2, -0.15) is 0 Å². The molecule has 0 aromatic heterocycles. The Balaban J connectivity index is 3.51. The molecule has 0 heterocycles. The van der Waals surface area contributed by atoms with Crippen LogP contribution in [0.25, 0.3) is 0 Å². The van der Waals surface area contributed by atoms with Gasteiger partial charge in [-0.1, -0.05) is 38.5 Å². The van der Waals surface area contributed by atoms with Crippen molar-refractivity contribution in [2.45, 2.75) is 38.1 Å². The molecule has 0 saturated carbocycles. The van der Waals surface area contributed by atoms with Crippen LogP contribution in [-0.4, -0.2) is 35.8 Å². The van der Waals surface area contributed by atoms with Crippen LogP contribution in [0.4, 0.5) is 0 Å². The summed E-state index contributed by atoms with van der Waals surface area (Å²) < 4.78 is 26.1. The van der Waals surface area contributed by atoms with Crippen molar-refractivity contribution in [3.8, 4) is 0 Å². The van der Waals surface area contributed by atoms with Gasteiger partial charge in [0, 0.05) is 0 Å². The highest BCUT2D eigenvalue weighted by molar-refractivity contribution is 7.89. The average Bonchev–Trinajstić information content (AvgIpc) is 2.42. The molecule has 1 rings (SSSR count). The van der Waals surface area contributed by atoms with Gasteiger partial charge in [-0.05, 0) is 24.5 Å². The first kappa shape index (κ1) is 18.0. The SMILES string of the molecule is CCC(C)C(C(=O)O)N(C(=N)N)S(=O)(=O)c1ccccc1C. The van der Waals surface area contributed by atoms with E-state index in [0.29, 0.717) is 16.3 Å². The van der Waals surface area contributed by atoms with E-state index in [2.05, 4.69) is 0 Å². The van der Waals surface area contributed by atoms with Crippen molar-refractivity contribution >= 4 is 22.0 Å². The maximum absolute atomic E-state index is 12.8. The first-order valence-electron chi connectivity index (χ1n) is 6.81. The van der Waals surface area contributed by atoms with Crippen molar-refractivity contribution < 1.29 is 18.3 Å². The first-order chi connectivity index (χ1) is 10.1. The summed E-state index contributed by atoms with van der Waals surface area (Å²) in [6.45, 7) is 4.96. The summed E-state index contributed by atoms with van der Waals surface area (Å²) in [6.07, 6.45) is 0.435. The number of carboxylic acids is 1. The second-order valence-corrected chi connectivity index (χ2v) is 6.90. The Morgan fingerprint density at radius 1 is 1.41 bits per heavy atom. The van der Waals surface area contributed by atoms with Gasteiger partial charge in [0.15, 0.2) is 0 Å². The fourth-order valence-electron chi connectivity index (χ4n) is 2.18. The molecular formula is C14H21N3O4S. The van der Waals surface area contributed by atoms with Gasteiger partial charge in [0.2, 0.25) is 5.96 Å². The van der Waals surface area contributed by atoms with Crippen LogP contribution in [-0.2, 0) is 14.8 Å². The topological polar surface area (TPSA) is 125 Å². The lowest BCUT2D eigenvalue weighted by atomic mass is 9.99. The Morgan fingerprint density at radius 3 is 2.36 bits per heavy atom. The molecule has 122 valence electrons. The van der Waals surface area contributed by atoms with E-state index in [1.165, 1.54) is 12.1 Å². The van der Waals surface area contributed by atoms with Gasteiger partial charge in [0.05, 0.1) is 4.90 Å². The van der Waals surface area contributed by atoms with E-state index in [9.17, 15) is 18.3 Å². The summed E-state index contributed by atoms with van der Waals surface area (Å²) in [4.78, 5) is 11.5. The third-order valence-electron chi connectivity index (χ3n) is 3.56. The molecule has 0 aliphatic rings. The lowest BCUT2D eigenvalue weighted by Gasteiger charge is -2.32. The number of nitrogens with zero attached hydrogens (tertiary/aromatic N) is 1. The number of hydrogen-bond acceptors (Lipinski definition) is 4. The Kier molecular flexibility index (Phi) is 5.54. The summed E-state index contributed by atoms with van der Waals surface area (Å²) in [6, 6.07) is 4.76. The maximum Gasteiger partial charge on any atom is 0.327 e. The largest absolute Gasteiger partial charge is 0.480 e. The van der Waals surface area contributed by atoms with Gasteiger partial charge < -0.3 is 10.8 Å². The zero-order valence-electron chi connectivity index (χ0n) is 12.8. The highest BCUT2D eigenvalue weighted by Gasteiger charge is 2.40. The molecule has 0 aliphatic carbocycles. The standard InChI is InChI=1S/C14H21N3O4S/c1-4-9(2)12(13(18)19)17(14(15)16)22(20,21)11-8-6-5-7-10(11)3/h5-9,12H,4H2,1-3H3,(H3,15,16)(H,18,19).